The largest absolute Gasteiger partial charge is 0.309 e. The zero-order valence-electron chi connectivity index (χ0n) is 14.6. The molecule has 0 spiro atoms. The summed E-state index contributed by atoms with van der Waals surface area (Å²) in [4.78, 5) is 21.7. The van der Waals surface area contributed by atoms with Gasteiger partial charge in [0.2, 0.25) is 0 Å². The number of anilines is 1. The molecule has 0 atom stereocenters. The number of hydrogen-bond donors (Lipinski definition) is 0. The molecule has 26 heavy (non-hydrogen) atoms. The van der Waals surface area contributed by atoms with Crippen molar-refractivity contribution in [2.24, 2.45) is 0 Å². The third-order valence-electron chi connectivity index (χ3n) is 3.89. The van der Waals surface area contributed by atoms with E-state index in [2.05, 4.69) is 36.8 Å². The molecule has 0 saturated heterocycles. The van der Waals surface area contributed by atoms with E-state index in [0.717, 1.165) is 37.3 Å². The summed E-state index contributed by atoms with van der Waals surface area (Å²) in [7, 11) is 4.08. The second-order valence-electron chi connectivity index (χ2n) is 6.23. The van der Waals surface area contributed by atoms with Crippen molar-refractivity contribution in [2.45, 2.75) is 6.42 Å². The molecular weight excluding hydrogens is 478 g/mol. The van der Waals surface area contributed by atoms with E-state index in [1.54, 1.807) is 16.2 Å². The Labute approximate surface area is 174 Å². The third kappa shape index (κ3) is 4.71. The van der Waals surface area contributed by atoms with Crippen molar-refractivity contribution in [3.05, 3.63) is 57.0 Å². The predicted molar refractivity (Wildman–Crippen MR) is 116 cm³/mol. The van der Waals surface area contributed by atoms with Crippen LogP contribution < -0.4 is 4.90 Å². The van der Waals surface area contributed by atoms with Crippen LogP contribution in [0.5, 0.6) is 0 Å². The van der Waals surface area contributed by atoms with Crippen LogP contribution in [0.4, 0.5) is 5.13 Å². The van der Waals surface area contributed by atoms with E-state index in [-0.39, 0.29) is 5.91 Å². The zero-order chi connectivity index (χ0) is 18.7. The average Bonchev–Trinajstić information content (AvgIpc) is 3.01. The topological polar surface area (TPSA) is 36.4 Å². The first kappa shape index (κ1) is 19.5. The Balaban J connectivity index is 1.92. The molecule has 0 N–H and O–H groups in total. The molecule has 1 aromatic heterocycles. The Bertz CT molecular complexity index is 909. The summed E-state index contributed by atoms with van der Waals surface area (Å²) < 4.78 is 3.03. The van der Waals surface area contributed by atoms with Gasteiger partial charge in [0.05, 0.1) is 10.2 Å². The summed E-state index contributed by atoms with van der Waals surface area (Å²) in [6.07, 6.45) is 0.884. The number of nitrogens with zero attached hydrogens (tertiary/aromatic N) is 3. The van der Waals surface area contributed by atoms with E-state index >= 15 is 0 Å². The van der Waals surface area contributed by atoms with Crippen LogP contribution in [0.2, 0.25) is 0 Å². The van der Waals surface area contributed by atoms with Crippen molar-refractivity contribution >= 4 is 64.5 Å². The molecule has 0 saturated carbocycles. The summed E-state index contributed by atoms with van der Waals surface area (Å²) in [6.45, 7) is 1.55. The first-order valence-corrected chi connectivity index (χ1v) is 10.6. The number of hydrogen-bond acceptors (Lipinski definition) is 4. The lowest BCUT2D eigenvalue weighted by molar-refractivity contribution is 0.0986. The number of aromatic nitrogens is 1. The van der Waals surface area contributed by atoms with Gasteiger partial charge in [0.1, 0.15) is 0 Å². The average molecular weight is 497 g/mol. The van der Waals surface area contributed by atoms with Crippen LogP contribution in [0.3, 0.4) is 0 Å². The first-order valence-electron chi connectivity index (χ1n) is 8.22. The summed E-state index contributed by atoms with van der Waals surface area (Å²) in [5.41, 5.74) is 1.58. The predicted octanol–water partition coefficient (Wildman–Crippen LogP) is 5.42. The van der Waals surface area contributed by atoms with Gasteiger partial charge >= 0.3 is 0 Å². The van der Waals surface area contributed by atoms with Gasteiger partial charge in [-0.25, -0.2) is 4.98 Å². The molecule has 0 aliphatic heterocycles. The molecule has 136 valence electrons. The molecule has 0 aliphatic rings. The highest BCUT2D eigenvalue weighted by Gasteiger charge is 2.21. The van der Waals surface area contributed by atoms with Crippen LogP contribution in [0.25, 0.3) is 10.2 Å². The second kappa shape index (κ2) is 8.61. The minimum absolute atomic E-state index is 0.0191. The molecule has 0 radical (unpaired) electrons. The quantitative estimate of drug-likeness (QED) is 0.457. The van der Waals surface area contributed by atoms with Crippen molar-refractivity contribution in [1.29, 1.82) is 0 Å². The van der Waals surface area contributed by atoms with Crippen molar-refractivity contribution < 1.29 is 4.79 Å². The summed E-state index contributed by atoms with van der Waals surface area (Å²) in [5.74, 6) is -0.0191. The van der Waals surface area contributed by atoms with E-state index in [4.69, 9.17) is 4.98 Å². The van der Waals surface area contributed by atoms with Crippen molar-refractivity contribution in [1.82, 2.24) is 9.88 Å². The van der Waals surface area contributed by atoms with E-state index in [0.29, 0.717) is 12.1 Å². The highest BCUT2D eigenvalue weighted by Crippen LogP contribution is 2.31. The number of thiazole rings is 1. The molecule has 1 heterocycles. The standard InChI is InChI=1S/C19H19Br2N3OS/c1-23(2)10-3-11-24(18(25)13-4-6-14(20)7-5-13)19-22-16-9-8-15(21)12-17(16)26-19/h4-9,12H,3,10-11H2,1-2H3. The van der Waals surface area contributed by atoms with Gasteiger partial charge in [-0.1, -0.05) is 43.2 Å². The molecule has 7 heteroatoms. The summed E-state index contributed by atoms with van der Waals surface area (Å²) >= 11 is 8.46. The fraction of sp³-hybridized carbons (Fsp3) is 0.263. The number of halogens is 2. The SMILES string of the molecule is CN(C)CCCN(C(=O)c1ccc(Br)cc1)c1nc2ccc(Br)cc2s1. The molecular formula is C19H19Br2N3OS. The molecule has 1 amide bonds. The Morgan fingerprint density at radius 1 is 1.04 bits per heavy atom. The lowest BCUT2D eigenvalue weighted by Gasteiger charge is -2.21. The lowest BCUT2D eigenvalue weighted by Crippen LogP contribution is -2.33. The van der Waals surface area contributed by atoms with E-state index in [1.807, 2.05) is 56.6 Å². The lowest BCUT2D eigenvalue weighted by atomic mass is 10.2. The van der Waals surface area contributed by atoms with Gasteiger partial charge in [0, 0.05) is 21.1 Å². The fourth-order valence-electron chi connectivity index (χ4n) is 2.58. The van der Waals surface area contributed by atoms with Crippen molar-refractivity contribution in [2.75, 3.05) is 32.1 Å². The van der Waals surface area contributed by atoms with Crippen molar-refractivity contribution in [3.8, 4) is 0 Å². The summed E-state index contributed by atoms with van der Waals surface area (Å²) in [6, 6.07) is 13.4. The van der Waals surface area contributed by atoms with Crippen LogP contribution in [0.15, 0.2) is 51.4 Å². The first-order chi connectivity index (χ1) is 12.4. The maximum Gasteiger partial charge on any atom is 0.260 e. The third-order valence-corrected chi connectivity index (χ3v) is 5.96. The second-order valence-corrected chi connectivity index (χ2v) is 9.07. The molecule has 0 unspecified atom stereocenters. The number of fused-ring (bicyclic) bond motifs is 1. The van der Waals surface area contributed by atoms with Gasteiger partial charge in [0.25, 0.3) is 5.91 Å². The molecule has 2 aromatic carbocycles. The van der Waals surface area contributed by atoms with Crippen molar-refractivity contribution in [3.63, 3.8) is 0 Å². The Morgan fingerprint density at radius 3 is 2.42 bits per heavy atom. The molecule has 0 fully saturated rings. The number of carbonyl (C=O) groups excluding carboxylic acids is 1. The van der Waals surface area contributed by atoms with Gasteiger partial charge < -0.3 is 4.90 Å². The Morgan fingerprint density at radius 2 is 1.73 bits per heavy atom. The van der Waals surface area contributed by atoms with Crippen LogP contribution in [0.1, 0.15) is 16.8 Å². The van der Waals surface area contributed by atoms with E-state index in [9.17, 15) is 4.79 Å². The van der Waals surface area contributed by atoms with Gasteiger partial charge in [0.15, 0.2) is 5.13 Å². The van der Waals surface area contributed by atoms with Crippen LogP contribution in [-0.4, -0.2) is 43.0 Å². The normalized spacial score (nSPS) is 11.3. The van der Waals surface area contributed by atoms with Gasteiger partial charge in [-0.15, -0.1) is 0 Å². The van der Waals surface area contributed by atoms with E-state index in [1.165, 1.54) is 0 Å². The minimum Gasteiger partial charge on any atom is -0.309 e. The minimum atomic E-state index is -0.0191. The Kier molecular flexibility index (Phi) is 6.45. The maximum atomic E-state index is 13.1. The number of carbonyl (C=O) groups is 1. The smallest absolute Gasteiger partial charge is 0.260 e. The highest BCUT2D eigenvalue weighted by atomic mass is 79.9. The number of amides is 1. The van der Waals surface area contributed by atoms with Crippen LogP contribution in [0, 0.1) is 0 Å². The molecule has 0 bridgehead atoms. The highest BCUT2D eigenvalue weighted by molar-refractivity contribution is 9.10. The number of rotatable bonds is 6. The zero-order valence-corrected chi connectivity index (χ0v) is 18.6. The molecule has 3 rings (SSSR count). The molecule has 4 nitrogen and oxygen atoms in total. The van der Waals surface area contributed by atoms with E-state index < -0.39 is 0 Å². The fourth-order valence-corrected chi connectivity index (χ4v) is 4.39. The van der Waals surface area contributed by atoms with Gasteiger partial charge in [-0.05, 0) is 69.5 Å². The van der Waals surface area contributed by atoms with Crippen LogP contribution in [-0.2, 0) is 0 Å². The van der Waals surface area contributed by atoms with Gasteiger partial charge in [-0.3, -0.25) is 9.69 Å². The maximum absolute atomic E-state index is 13.1. The van der Waals surface area contributed by atoms with Crippen LogP contribution >= 0.6 is 43.2 Å². The Hall–Kier alpha value is -1.28. The monoisotopic (exact) mass is 495 g/mol. The summed E-state index contributed by atoms with van der Waals surface area (Å²) in [5, 5.41) is 0.741. The molecule has 3 aromatic rings. The van der Waals surface area contributed by atoms with Gasteiger partial charge in [-0.2, -0.15) is 0 Å². The molecule has 0 aliphatic carbocycles. The number of benzene rings is 2.